The number of sulfonamides is 1. The van der Waals surface area contributed by atoms with E-state index in [9.17, 15) is 27.6 Å². The van der Waals surface area contributed by atoms with Gasteiger partial charge in [-0.25, -0.2) is 13.2 Å². The molecule has 0 saturated carbocycles. The predicted octanol–water partition coefficient (Wildman–Crippen LogP) is 0.981. The van der Waals surface area contributed by atoms with Gasteiger partial charge in [0.25, 0.3) is 21.5 Å². The number of hydrogen-bond acceptors (Lipinski definition) is 8. The summed E-state index contributed by atoms with van der Waals surface area (Å²) in [6, 6.07) is 4.96. The molecule has 2 aromatic heterocycles. The van der Waals surface area contributed by atoms with E-state index in [1.807, 2.05) is 13.8 Å². The molecule has 3 aromatic rings. The van der Waals surface area contributed by atoms with Crippen molar-refractivity contribution in [1.82, 2.24) is 19.4 Å². The summed E-state index contributed by atoms with van der Waals surface area (Å²) < 4.78 is 31.7. The van der Waals surface area contributed by atoms with Gasteiger partial charge < -0.3 is 9.72 Å². The lowest BCUT2D eigenvalue weighted by molar-refractivity contribution is -0.144. The summed E-state index contributed by atoms with van der Waals surface area (Å²) in [5, 5.41) is 4.16. The zero-order chi connectivity index (χ0) is 26.1. The standard InChI is InChI=1S/C22H27N5O7S/c1-6-34-20(29)8-7-19(28)27(35(5,32)33)26-21(30)16-11-15(18-9-10-23-25(18)4)14(13(2)3)12-17(16)24-22(26)31/h9-13H,6-8H2,1-5H3,(H,24,31). The number of carbonyl (C=O) groups excluding carboxylic acids is 2. The topological polar surface area (TPSA) is 153 Å². The van der Waals surface area contributed by atoms with Gasteiger partial charge in [0.05, 0.1) is 35.9 Å². The van der Waals surface area contributed by atoms with Gasteiger partial charge in [-0.3, -0.25) is 19.1 Å². The smallest absolute Gasteiger partial charge is 0.349 e. The first-order valence-corrected chi connectivity index (χ1v) is 12.7. The minimum absolute atomic E-state index is 0.00274. The van der Waals surface area contributed by atoms with Crippen LogP contribution in [0.2, 0.25) is 0 Å². The fraction of sp³-hybridized carbons (Fsp3) is 0.409. The third-order valence-electron chi connectivity index (χ3n) is 5.32. The highest BCUT2D eigenvalue weighted by molar-refractivity contribution is 7.92. The van der Waals surface area contributed by atoms with Gasteiger partial charge in [0.1, 0.15) is 0 Å². The minimum Gasteiger partial charge on any atom is -0.466 e. The number of amides is 1. The van der Waals surface area contributed by atoms with Crippen molar-refractivity contribution in [1.29, 1.82) is 0 Å². The Labute approximate surface area is 201 Å². The molecular formula is C22H27N5O7S. The molecule has 35 heavy (non-hydrogen) atoms. The van der Waals surface area contributed by atoms with E-state index in [4.69, 9.17) is 4.74 Å². The molecule has 0 aliphatic rings. The SMILES string of the molecule is CCOC(=O)CCC(=O)N(n1c(=O)[nH]c2cc(C(C)C)c(-c3ccnn3C)cc2c1=O)S(C)(=O)=O. The Kier molecular flexibility index (Phi) is 7.29. The average molecular weight is 506 g/mol. The lowest BCUT2D eigenvalue weighted by Gasteiger charge is -2.21. The van der Waals surface area contributed by atoms with Gasteiger partial charge >= 0.3 is 11.7 Å². The highest BCUT2D eigenvalue weighted by Gasteiger charge is 2.30. The van der Waals surface area contributed by atoms with E-state index in [-0.39, 0.29) is 32.5 Å². The van der Waals surface area contributed by atoms with Gasteiger partial charge in [-0.1, -0.05) is 13.8 Å². The Morgan fingerprint density at radius 3 is 2.43 bits per heavy atom. The van der Waals surface area contributed by atoms with Crippen LogP contribution >= 0.6 is 0 Å². The second-order valence-electron chi connectivity index (χ2n) is 8.23. The number of aromatic amines is 1. The van der Waals surface area contributed by atoms with Crippen LogP contribution in [0.25, 0.3) is 22.2 Å². The van der Waals surface area contributed by atoms with E-state index in [1.165, 1.54) is 0 Å². The highest BCUT2D eigenvalue weighted by Crippen LogP contribution is 2.31. The Morgan fingerprint density at radius 1 is 1.20 bits per heavy atom. The first kappa shape index (κ1) is 25.9. The molecule has 0 saturated heterocycles. The van der Waals surface area contributed by atoms with E-state index in [0.717, 1.165) is 5.56 Å². The Bertz CT molecular complexity index is 1520. The number of aryl methyl sites for hydroxylation is 1. The van der Waals surface area contributed by atoms with Crippen LogP contribution in [-0.4, -0.2) is 52.6 Å². The molecule has 13 heteroatoms. The summed E-state index contributed by atoms with van der Waals surface area (Å²) in [7, 11) is -2.67. The van der Waals surface area contributed by atoms with Crippen molar-refractivity contribution in [2.24, 2.45) is 7.05 Å². The molecule has 1 amide bonds. The van der Waals surface area contributed by atoms with Gasteiger partial charge in [0.15, 0.2) is 0 Å². The molecule has 1 N–H and O–H groups in total. The second-order valence-corrected chi connectivity index (χ2v) is 10.0. The fourth-order valence-electron chi connectivity index (χ4n) is 3.76. The number of nitrogens with one attached hydrogen (secondary N) is 1. The molecule has 0 aliphatic heterocycles. The van der Waals surface area contributed by atoms with Crippen molar-refractivity contribution in [2.75, 3.05) is 17.3 Å². The molecule has 0 bridgehead atoms. The number of aromatic nitrogens is 4. The molecule has 12 nitrogen and oxygen atoms in total. The van der Waals surface area contributed by atoms with Gasteiger partial charge in [-0.05, 0) is 36.6 Å². The van der Waals surface area contributed by atoms with Crippen molar-refractivity contribution < 1.29 is 22.7 Å². The van der Waals surface area contributed by atoms with Gasteiger partial charge in [0, 0.05) is 25.2 Å². The summed E-state index contributed by atoms with van der Waals surface area (Å²) in [6.07, 6.45) is 1.29. The van der Waals surface area contributed by atoms with Crippen molar-refractivity contribution in [3.05, 3.63) is 50.8 Å². The van der Waals surface area contributed by atoms with Gasteiger partial charge in [0.2, 0.25) is 0 Å². The molecule has 2 heterocycles. The lowest BCUT2D eigenvalue weighted by Crippen LogP contribution is -2.55. The van der Waals surface area contributed by atoms with Crippen LogP contribution in [0.1, 0.15) is 45.1 Å². The van der Waals surface area contributed by atoms with E-state index >= 15 is 0 Å². The first-order chi connectivity index (χ1) is 16.4. The number of nitrogens with zero attached hydrogens (tertiary/aromatic N) is 4. The number of ether oxygens (including phenoxy) is 1. The largest absolute Gasteiger partial charge is 0.466 e. The van der Waals surface area contributed by atoms with E-state index in [0.29, 0.717) is 17.5 Å². The number of carbonyl (C=O) groups is 2. The fourth-order valence-corrected chi connectivity index (χ4v) is 4.66. The molecule has 0 atom stereocenters. The van der Waals surface area contributed by atoms with Crippen LogP contribution in [0, 0.1) is 0 Å². The molecule has 0 radical (unpaired) electrons. The van der Waals surface area contributed by atoms with E-state index in [1.54, 1.807) is 43.0 Å². The Morgan fingerprint density at radius 2 is 1.89 bits per heavy atom. The molecule has 1 aromatic carbocycles. The van der Waals surface area contributed by atoms with Crippen LogP contribution in [0.15, 0.2) is 34.0 Å². The maximum absolute atomic E-state index is 13.4. The lowest BCUT2D eigenvalue weighted by atomic mass is 9.93. The average Bonchev–Trinajstić information content (AvgIpc) is 3.19. The number of hydrogen-bond donors (Lipinski definition) is 1. The van der Waals surface area contributed by atoms with Crippen molar-refractivity contribution >= 4 is 32.8 Å². The second kappa shape index (κ2) is 9.86. The molecule has 0 fully saturated rings. The van der Waals surface area contributed by atoms with Crippen LogP contribution in [0.4, 0.5) is 0 Å². The third-order valence-corrected chi connectivity index (χ3v) is 6.32. The number of H-pyrrole nitrogens is 1. The molecule has 3 rings (SSSR count). The summed E-state index contributed by atoms with van der Waals surface area (Å²) in [4.78, 5) is 53.3. The monoisotopic (exact) mass is 505 g/mol. The summed E-state index contributed by atoms with van der Waals surface area (Å²) in [5.41, 5.74) is 0.288. The van der Waals surface area contributed by atoms with Crippen LogP contribution in [-0.2, 0) is 31.4 Å². The van der Waals surface area contributed by atoms with Gasteiger partial charge in [-0.15, -0.1) is 9.09 Å². The quantitative estimate of drug-likeness (QED) is 0.445. The number of benzene rings is 1. The molecule has 0 spiro atoms. The maximum Gasteiger partial charge on any atom is 0.349 e. The molecule has 188 valence electrons. The maximum atomic E-state index is 13.4. The number of esters is 1. The van der Waals surface area contributed by atoms with Crippen LogP contribution in [0.3, 0.4) is 0 Å². The zero-order valence-electron chi connectivity index (χ0n) is 20.1. The van der Waals surface area contributed by atoms with Crippen LogP contribution < -0.4 is 15.7 Å². The number of rotatable bonds is 8. The molecular weight excluding hydrogens is 478 g/mol. The minimum atomic E-state index is -4.41. The van der Waals surface area contributed by atoms with Gasteiger partial charge in [-0.2, -0.15) is 5.10 Å². The van der Waals surface area contributed by atoms with E-state index < -0.39 is 46.0 Å². The number of fused-ring (bicyclic) bond motifs is 1. The van der Waals surface area contributed by atoms with Crippen molar-refractivity contribution in [2.45, 2.75) is 39.5 Å². The zero-order valence-corrected chi connectivity index (χ0v) is 20.9. The van der Waals surface area contributed by atoms with E-state index in [2.05, 4.69) is 10.1 Å². The van der Waals surface area contributed by atoms with Crippen LogP contribution in [0.5, 0.6) is 0 Å². The Balaban J connectivity index is 2.24. The molecule has 0 aliphatic carbocycles. The van der Waals surface area contributed by atoms with Crippen molar-refractivity contribution in [3.8, 4) is 11.3 Å². The van der Waals surface area contributed by atoms with Crippen molar-refractivity contribution in [3.63, 3.8) is 0 Å². The highest BCUT2D eigenvalue weighted by atomic mass is 32.2. The Hall–Kier alpha value is -3.74. The summed E-state index contributed by atoms with van der Waals surface area (Å²) in [6.45, 7) is 5.58. The third kappa shape index (κ3) is 5.19. The predicted molar refractivity (Wildman–Crippen MR) is 129 cm³/mol. The normalized spacial score (nSPS) is 11.7. The summed E-state index contributed by atoms with van der Waals surface area (Å²) in [5.74, 6) is -1.82. The first-order valence-electron chi connectivity index (χ1n) is 10.9. The summed E-state index contributed by atoms with van der Waals surface area (Å²) >= 11 is 0. The molecule has 0 unspecified atom stereocenters.